The van der Waals surface area contributed by atoms with E-state index >= 15 is 0 Å². The number of carbonyl (C=O) groups excluding carboxylic acids is 16. The van der Waals surface area contributed by atoms with Crippen LogP contribution in [0, 0.1) is 0 Å². The molecule has 28 atom stereocenters. The molecule has 43 heteroatoms. The van der Waals surface area contributed by atoms with Gasteiger partial charge in [0.05, 0.1) is 25.1 Å². The van der Waals surface area contributed by atoms with Crippen LogP contribution >= 0.6 is 0 Å². The van der Waals surface area contributed by atoms with Gasteiger partial charge in [0.1, 0.15) is 81.3 Å². The minimum atomic E-state index is -2.42. The number of carbonyl (C=O) groups is 16. The van der Waals surface area contributed by atoms with E-state index in [-0.39, 0.29) is 0 Å². The van der Waals surface area contributed by atoms with Crippen LogP contribution in [-0.4, -0.2) is 300 Å². The van der Waals surface area contributed by atoms with Gasteiger partial charge in [-0.15, -0.1) is 0 Å². The van der Waals surface area contributed by atoms with Gasteiger partial charge in [-0.05, 0) is 19.9 Å². The highest BCUT2D eigenvalue weighted by Crippen LogP contribution is 2.41. The molecule has 628 valence electrons. The first-order valence-electron chi connectivity index (χ1n) is 35.0. The van der Waals surface area contributed by atoms with E-state index in [0.29, 0.717) is 0 Å². The van der Waals surface area contributed by atoms with Crippen molar-refractivity contribution in [3.63, 3.8) is 0 Å². The molecule has 5 fully saturated rings. The van der Waals surface area contributed by atoms with Crippen LogP contribution < -0.4 is 5.32 Å². The van der Waals surface area contributed by atoms with Gasteiger partial charge in [0.15, 0.2) is 105 Å². The second-order valence-electron chi connectivity index (χ2n) is 26.2. The van der Waals surface area contributed by atoms with Gasteiger partial charge in [-0.2, -0.15) is 0 Å². The molecule has 0 saturated carbocycles. The third-order valence-electron chi connectivity index (χ3n) is 16.7. The van der Waals surface area contributed by atoms with Gasteiger partial charge in [-0.3, -0.25) is 76.7 Å². The Morgan fingerprint density at radius 1 is 0.268 bits per heavy atom. The smallest absolute Gasteiger partial charge is 0.303 e. The van der Waals surface area contributed by atoms with Crippen LogP contribution in [0.3, 0.4) is 0 Å². The van der Waals surface area contributed by atoms with Crippen molar-refractivity contribution in [1.82, 2.24) is 5.32 Å². The lowest BCUT2D eigenvalue weighted by molar-refractivity contribution is -0.390. The SMILES string of the molecule is CC(=O)NC1C(O[C@@H]2OC(COC(C)=O)[C@H](OC(C)=O)C(OC(C)=O)C2O[C@@H]2OC(C)[C@@H](OC(C)=O)C(OC(C)=O)C2OC(C)=O)[C@H](OCC2OC(C)[C@@H](OC(C)=O)C(OC(C)=O)C2OC(C)=O)C(COC(C)=O)O[C@H]1OC1C(OC(C)=O)[C@H](O[C@H]2C(OC(C)=O)C=COC2COC(C)=O)OC(COC(C)=O)[C@@H]1OC(C)=O. The van der Waals surface area contributed by atoms with Crippen LogP contribution in [0.15, 0.2) is 12.3 Å². The molecule has 0 aromatic carbocycles. The normalized spacial score (nSPS) is 34.1. The van der Waals surface area contributed by atoms with Gasteiger partial charge >= 0.3 is 89.5 Å². The van der Waals surface area contributed by atoms with Gasteiger partial charge in [0.25, 0.3) is 0 Å². The number of rotatable bonds is 31. The third-order valence-corrected chi connectivity index (χ3v) is 16.7. The Balaban J connectivity index is 1.72. The van der Waals surface area contributed by atoms with Crippen LogP contribution in [0.5, 0.6) is 0 Å². The molecule has 6 aliphatic rings. The largest absolute Gasteiger partial charge is 0.492 e. The highest BCUT2D eigenvalue weighted by Gasteiger charge is 2.62. The molecule has 0 aromatic heterocycles. The molecule has 1 amide bonds. The highest BCUT2D eigenvalue weighted by atomic mass is 16.8. The molecule has 0 bridgehead atoms. The Bertz CT molecular complexity index is 3410. The maximum absolute atomic E-state index is 14.4. The molecular formula is C69H95NO42. The van der Waals surface area contributed by atoms with E-state index < -0.39 is 300 Å². The summed E-state index contributed by atoms with van der Waals surface area (Å²) in [4.78, 5) is 210. The summed E-state index contributed by atoms with van der Waals surface area (Å²) in [6.07, 6.45) is -48.7. The lowest BCUT2D eigenvalue weighted by Crippen LogP contribution is -2.71. The quantitative estimate of drug-likeness (QED) is 0.0612. The molecule has 0 spiro atoms. The molecule has 5 saturated heterocycles. The number of ether oxygens (including phenoxy) is 26. The number of nitrogens with one attached hydrogen (secondary N) is 1. The Morgan fingerprint density at radius 2 is 0.562 bits per heavy atom. The second kappa shape index (κ2) is 42.0. The van der Waals surface area contributed by atoms with Crippen LogP contribution in [0.4, 0.5) is 0 Å². The minimum Gasteiger partial charge on any atom is -0.492 e. The Kier molecular flexibility index (Phi) is 34.3. The molecule has 18 unspecified atom stereocenters. The molecule has 0 aliphatic carbocycles. The van der Waals surface area contributed by atoms with Crippen molar-refractivity contribution in [2.45, 2.75) is 296 Å². The average Bonchev–Trinajstić information content (AvgIpc) is 0.749. The molecule has 6 heterocycles. The zero-order valence-corrected chi connectivity index (χ0v) is 64.5. The van der Waals surface area contributed by atoms with Crippen LogP contribution in [0.25, 0.3) is 0 Å². The summed E-state index contributed by atoms with van der Waals surface area (Å²) >= 11 is 0. The molecule has 1 N–H and O–H groups in total. The molecule has 0 aromatic rings. The predicted molar refractivity (Wildman–Crippen MR) is 353 cm³/mol. The lowest BCUT2D eigenvalue weighted by Gasteiger charge is -2.52. The zero-order chi connectivity index (χ0) is 83.4. The summed E-state index contributed by atoms with van der Waals surface area (Å²) in [5, 5.41) is 2.64. The first-order valence-corrected chi connectivity index (χ1v) is 35.0. The Labute approximate surface area is 640 Å². The monoisotopic (exact) mass is 1610 g/mol. The fourth-order valence-corrected chi connectivity index (χ4v) is 12.9. The van der Waals surface area contributed by atoms with Crippen molar-refractivity contribution in [2.24, 2.45) is 0 Å². The van der Waals surface area contributed by atoms with Gasteiger partial charge < -0.3 is 128 Å². The first kappa shape index (κ1) is 91.5. The topological polar surface area (TPSA) is 525 Å². The van der Waals surface area contributed by atoms with Crippen molar-refractivity contribution in [2.75, 3.05) is 33.0 Å². The van der Waals surface area contributed by atoms with E-state index in [2.05, 4.69) is 5.32 Å². The van der Waals surface area contributed by atoms with Gasteiger partial charge in [-0.25, -0.2) is 0 Å². The fraction of sp³-hybridized carbons (Fsp3) is 0.739. The molecule has 0 radical (unpaired) electrons. The van der Waals surface area contributed by atoms with E-state index in [1.165, 1.54) is 19.9 Å². The molecule has 112 heavy (non-hydrogen) atoms. The van der Waals surface area contributed by atoms with E-state index in [1.807, 2.05) is 0 Å². The highest BCUT2D eigenvalue weighted by molar-refractivity contribution is 5.74. The van der Waals surface area contributed by atoms with Gasteiger partial charge in [0, 0.05) is 111 Å². The van der Waals surface area contributed by atoms with Crippen molar-refractivity contribution < 1.29 is 200 Å². The lowest BCUT2D eigenvalue weighted by atomic mass is 9.93. The van der Waals surface area contributed by atoms with Crippen molar-refractivity contribution in [3.8, 4) is 0 Å². The van der Waals surface area contributed by atoms with Gasteiger partial charge in [0.2, 0.25) is 5.91 Å². The zero-order valence-electron chi connectivity index (χ0n) is 64.5. The summed E-state index contributed by atoms with van der Waals surface area (Å²) in [6.45, 7) is 13.8. The van der Waals surface area contributed by atoms with Crippen molar-refractivity contribution >= 4 is 95.4 Å². The number of amides is 1. The molecule has 6 rings (SSSR count). The fourth-order valence-electron chi connectivity index (χ4n) is 12.9. The van der Waals surface area contributed by atoms with E-state index in [1.54, 1.807) is 0 Å². The Morgan fingerprint density at radius 3 is 0.982 bits per heavy atom. The third kappa shape index (κ3) is 26.7. The number of hydrogen-bond acceptors (Lipinski definition) is 42. The number of hydrogen-bond donors (Lipinski definition) is 1. The van der Waals surface area contributed by atoms with E-state index in [4.69, 9.17) is 123 Å². The predicted octanol–water partition coefficient (Wildman–Crippen LogP) is -1.46. The summed E-state index contributed by atoms with van der Waals surface area (Å²) in [5.41, 5.74) is 0. The van der Waals surface area contributed by atoms with Gasteiger partial charge in [-0.1, -0.05) is 0 Å². The van der Waals surface area contributed by atoms with Crippen molar-refractivity contribution in [1.29, 1.82) is 0 Å². The minimum absolute atomic E-state index is 0.613. The summed E-state index contributed by atoms with van der Waals surface area (Å²) < 4.78 is 157. The van der Waals surface area contributed by atoms with E-state index in [9.17, 15) is 76.7 Å². The summed E-state index contributed by atoms with van der Waals surface area (Å²) in [6, 6.07) is -2.15. The maximum Gasteiger partial charge on any atom is 0.303 e. The van der Waals surface area contributed by atoms with Crippen LogP contribution in [-0.2, 0) is 200 Å². The average molecular weight is 1610 g/mol. The second-order valence-corrected chi connectivity index (χ2v) is 26.2. The molecule has 6 aliphatic heterocycles. The Hall–Kier alpha value is -9.34. The first-order chi connectivity index (χ1) is 52.5. The molecular weight excluding hydrogens is 1510 g/mol. The van der Waals surface area contributed by atoms with Crippen LogP contribution in [0.2, 0.25) is 0 Å². The van der Waals surface area contributed by atoms with Crippen LogP contribution in [0.1, 0.15) is 125 Å². The summed E-state index contributed by atoms with van der Waals surface area (Å²) in [5.74, 6) is -16.3. The van der Waals surface area contributed by atoms with E-state index in [0.717, 1.165) is 117 Å². The maximum atomic E-state index is 14.4. The molecule has 43 nitrogen and oxygen atoms in total. The summed E-state index contributed by atoms with van der Waals surface area (Å²) in [7, 11) is 0. The standard InChI is InChI=1S/C69H95NO42/c1-26-51(96-34(9)77)59(101-39(14)82)55(98-36(11)79)47(93-26)25-92-54-46(22-89-30(5)73)106-66(111-62-57(100-38(13)81)49(24-91-32(7)75)107-68(64(62)105-43(18)86)109-53-44(95-33(8)76)19-20-87-45(53)21-88-29(4)72)50(70-28(3)71)58(54)110-69-65(61(103-41(16)84)56(99-37(12)80)48(108-69)23-90-31(6)74)112-67-63(104-42(17)85)60(102-40(15)83)52(27(2)94-67)97-35(10)78/h19-20,26-27,44-69H,21-25H2,1-18H3,(H,70,71)/t26?,27?,44?,45?,46?,47?,48?,49?,50?,51-,52-,53+,54-,55?,56+,57+,58?,59?,60?,61?,62?,63?,64?,65?,66+,67+,68+,69+/m1/s1. The number of esters is 15. The van der Waals surface area contributed by atoms with Crippen molar-refractivity contribution in [3.05, 3.63) is 12.3 Å².